The molecule has 126 valence electrons. The van der Waals surface area contributed by atoms with E-state index in [4.69, 9.17) is 0 Å². The van der Waals surface area contributed by atoms with Crippen molar-refractivity contribution in [1.82, 2.24) is 9.21 Å². The van der Waals surface area contributed by atoms with Gasteiger partial charge in [-0.05, 0) is 49.9 Å². The third-order valence-electron chi connectivity index (χ3n) is 4.59. The number of hydrogen-bond acceptors (Lipinski definition) is 3. The maximum Gasteiger partial charge on any atom is 0.321 e. The zero-order chi connectivity index (χ0) is 16.6. The summed E-state index contributed by atoms with van der Waals surface area (Å²) in [5.41, 5.74) is 3.08. The lowest BCUT2D eigenvalue weighted by Gasteiger charge is -2.34. The number of piperazine rings is 1. The zero-order valence-electron chi connectivity index (χ0n) is 13.6. The molecule has 1 aliphatic carbocycles. The largest absolute Gasteiger partial charge is 0.322 e. The minimum absolute atomic E-state index is 0.170. The normalized spacial score (nSPS) is 19.7. The minimum Gasteiger partial charge on any atom is -0.322 e. The molecule has 0 spiro atoms. The molecule has 2 aliphatic rings. The van der Waals surface area contributed by atoms with Crippen LogP contribution in [0.25, 0.3) is 0 Å². The lowest BCUT2D eigenvalue weighted by Crippen LogP contribution is -2.52. The molecule has 0 radical (unpaired) electrons. The molecule has 1 aliphatic heterocycles. The van der Waals surface area contributed by atoms with E-state index in [1.165, 1.54) is 9.87 Å². The van der Waals surface area contributed by atoms with Gasteiger partial charge >= 0.3 is 6.03 Å². The van der Waals surface area contributed by atoms with Gasteiger partial charge in [-0.3, -0.25) is 0 Å². The van der Waals surface area contributed by atoms with Gasteiger partial charge in [0.2, 0.25) is 10.0 Å². The van der Waals surface area contributed by atoms with Gasteiger partial charge in [0.15, 0.2) is 0 Å². The fourth-order valence-electron chi connectivity index (χ4n) is 2.74. The number of nitrogens with one attached hydrogen (secondary N) is 1. The highest BCUT2D eigenvalue weighted by atomic mass is 32.2. The second-order valence-corrected chi connectivity index (χ2v) is 8.57. The van der Waals surface area contributed by atoms with Crippen LogP contribution < -0.4 is 5.32 Å². The van der Waals surface area contributed by atoms with Crippen molar-refractivity contribution in [1.29, 1.82) is 0 Å². The Morgan fingerprint density at radius 2 is 1.74 bits per heavy atom. The van der Waals surface area contributed by atoms with Crippen molar-refractivity contribution in [2.45, 2.75) is 31.9 Å². The number of urea groups is 1. The van der Waals surface area contributed by atoms with Crippen LogP contribution in [0.5, 0.6) is 0 Å². The number of aryl methyl sites for hydroxylation is 2. The van der Waals surface area contributed by atoms with Gasteiger partial charge < -0.3 is 10.2 Å². The van der Waals surface area contributed by atoms with Crippen molar-refractivity contribution in [2.75, 3.05) is 31.5 Å². The van der Waals surface area contributed by atoms with Crippen LogP contribution in [-0.2, 0) is 10.0 Å². The van der Waals surface area contributed by atoms with E-state index in [2.05, 4.69) is 5.32 Å². The molecule has 3 rings (SSSR count). The summed E-state index contributed by atoms with van der Waals surface area (Å²) in [6.45, 7) is 5.68. The van der Waals surface area contributed by atoms with E-state index in [1.54, 1.807) is 4.90 Å². The van der Waals surface area contributed by atoms with Gasteiger partial charge in [0, 0.05) is 31.9 Å². The summed E-state index contributed by atoms with van der Waals surface area (Å²) in [6, 6.07) is 5.64. The van der Waals surface area contributed by atoms with Gasteiger partial charge in [-0.25, -0.2) is 13.2 Å². The minimum atomic E-state index is -3.13. The molecule has 1 saturated carbocycles. The van der Waals surface area contributed by atoms with E-state index in [9.17, 15) is 13.2 Å². The monoisotopic (exact) mass is 337 g/mol. The van der Waals surface area contributed by atoms with Crippen LogP contribution in [0.2, 0.25) is 0 Å². The number of carbonyl (C=O) groups excluding carboxylic acids is 1. The van der Waals surface area contributed by atoms with Crippen molar-refractivity contribution in [3.63, 3.8) is 0 Å². The molecule has 1 heterocycles. The average Bonchev–Trinajstić information content (AvgIpc) is 3.36. The molecule has 0 atom stereocenters. The number of nitrogens with zero attached hydrogens (tertiary/aromatic N) is 2. The molecule has 0 bridgehead atoms. The van der Waals surface area contributed by atoms with E-state index < -0.39 is 10.0 Å². The molecule has 1 saturated heterocycles. The Labute approximate surface area is 137 Å². The molecule has 1 aromatic rings. The first kappa shape index (κ1) is 16.3. The number of rotatable bonds is 3. The quantitative estimate of drug-likeness (QED) is 0.916. The highest BCUT2D eigenvalue weighted by Crippen LogP contribution is 2.31. The first-order valence-electron chi connectivity index (χ1n) is 8.00. The predicted molar refractivity (Wildman–Crippen MR) is 90.0 cm³/mol. The smallest absolute Gasteiger partial charge is 0.321 e. The molecule has 2 amide bonds. The van der Waals surface area contributed by atoms with Crippen LogP contribution in [0.3, 0.4) is 0 Å². The van der Waals surface area contributed by atoms with E-state index >= 15 is 0 Å². The van der Waals surface area contributed by atoms with E-state index in [0.29, 0.717) is 26.2 Å². The first-order valence-corrected chi connectivity index (χ1v) is 9.50. The third-order valence-corrected chi connectivity index (χ3v) is 6.99. The number of benzene rings is 1. The molecule has 0 unspecified atom stereocenters. The Kier molecular flexibility index (Phi) is 4.33. The molecule has 2 fully saturated rings. The summed E-state index contributed by atoms with van der Waals surface area (Å²) >= 11 is 0. The Balaban J connectivity index is 1.56. The van der Waals surface area contributed by atoms with Gasteiger partial charge in [-0.15, -0.1) is 0 Å². The Hall–Kier alpha value is -1.60. The lowest BCUT2D eigenvalue weighted by molar-refractivity contribution is 0.184. The molecule has 0 aromatic heterocycles. The van der Waals surface area contributed by atoms with Crippen LogP contribution in [0.15, 0.2) is 18.2 Å². The maximum atomic E-state index is 12.3. The van der Waals surface area contributed by atoms with Gasteiger partial charge in [0.25, 0.3) is 0 Å². The van der Waals surface area contributed by atoms with Crippen molar-refractivity contribution < 1.29 is 13.2 Å². The number of carbonyl (C=O) groups is 1. The summed E-state index contributed by atoms with van der Waals surface area (Å²) in [4.78, 5) is 14.0. The second kappa shape index (κ2) is 6.13. The van der Waals surface area contributed by atoms with Crippen molar-refractivity contribution in [2.24, 2.45) is 0 Å². The second-order valence-electron chi connectivity index (χ2n) is 6.36. The molecule has 1 N–H and O–H groups in total. The maximum absolute atomic E-state index is 12.3. The number of sulfonamides is 1. The number of hydrogen-bond donors (Lipinski definition) is 1. The molecule has 7 heteroatoms. The third kappa shape index (κ3) is 3.50. The van der Waals surface area contributed by atoms with Crippen molar-refractivity contribution in [3.8, 4) is 0 Å². The van der Waals surface area contributed by atoms with Crippen LogP contribution in [0.1, 0.15) is 24.0 Å². The zero-order valence-corrected chi connectivity index (χ0v) is 14.4. The highest BCUT2D eigenvalue weighted by Gasteiger charge is 2.41. The summed E-state index contributed by atoms with van der Waals surface area (Å²) in [6.07, 6.45) is 1.55. The Morgan fingerprint density at radius 1 is 1.09 bits per heavy atom. The highest BCUT2D eigenvalue weighted by molar-refractivity contribution is 7.90. The van der Waals surface area contributed by atoms with Crippen LogP contribution in [-0.4, -0.2) is 55.1 Å². The topological polar surface area (TPSA) is 69.7 Å². The van der Waals surface area contributed by atoms with E-state index in [-0.39, 0.29) is 11.3 Å². The van der Waals surface area contributed by atoms with E-state index in [0.717, 1.165) is 24.1 Å². The molecule has 1 aromatic carbocycles. The Morgan fingerprint density at radius 3 is 2.30 bits per heavy atom. The van der Waals surface area contributed by atoms with Crippen LogP contribution in [0.4, 0.5) is 10.5 Å². The summed E-state index contributed by atoms with van der Waals surface area (Å²) in [7, 11) is -3.13. The van der Waals surface area contributed by atoms with Crippen molar-refractivity contribution >= 4 is 21.7 Å². The average molecular weight is 337 g/mol. The predicted octanol–water partition coefficient (Wildman–Crippen LogP) is 1.95. The molecule has 6 nitrogen and oxygen atoms in total. The first-order chi connectivity index (χ1) is 10.9. The molecular formula is C16H23N3O3S. The van der Waals surface area contributed by atoms with Crippen LogP contribution >= 0.6 is 0 Å². The summed E-state index contributed by atoms with van der Waals surface area (Å²) in [5, 5.41) is 2.71. The Bertz CT molecular complexity index is 705. The van der Waals surface area contributed by atoms with Gasteiger partial charge in [-0.1, -0.05) is 6.07 Å². The lowest BCUT2D eigenvalue weighted by atomic mass is 10.1. The van der Waals surface area contributed by atoms with E-state index in [1.807, 2.05) is 32.0 Å². The van der Waals surface area contributed by atoms with Gasteiger partial charge in [-0.2, -0.15) is 4.31 Å². The summed E-state index contributed by atoms with van der Waals surface area (Å²) < 4.78 is 25.9. The number of amides is 2. The van der Waals surface area contributed by atoms with Gasteiger partial charge in [0.1, 0.15) is 0 Å². The standard InChI is InChI=1S/C16H23N3O3S/c1-12-3-4-14(11-13(12)2)17-16(20)18-7-9-19(10-8-18)23(21,22)15-5-6-15/h3-4,11,15H,5-10H2,1-2H3,(H,17,20). The van der Waals surface area contributed by atoms with Gasteiger partial charge in [0.05, 0.1) is 5.25 Å². The fourth-order valence-corrected chi connectivity index (χ4v) is 4.57. The van der Waals surface area contributed by atoms with Crippen LogP contribution in [0, 0.1) is 13.8 Å². The summed E-state index contributed by atoms with van der Waals surface area (Å²) in [5.74, 6) is 0. The SMILES string of the molecule is Cc1ccc(NC(=O)N2CCN(S(=O)(=O)C3CC3)CC2)cc1C. The van der Waals surface area contributed by atoms with Crippen molar-refractivity contribution in [3.05, 3.63) is 29.3 Å². The number of anilines is 1. The molecular weight excluding hydrogens is 314 g/mol. The molecule has 23 heavy (non-hydrogen) atoms. The fraction of sp³-hybridized carbons (Fsp3) is 0.562.